The minimum absolute atomic E-state index is 0.0404. The third-order valence-corrected chi connectivity index (χ3v) is 4.63. The van der Waals surface area contributed by atoms with Gasteiger partial charge in [-0.3, -0.25) is 9.59 Å². The number of ether oxygens (including phenoxy) is 1. The second kappa shape index (κ2) is 7.68. The number of fused-ring (bicyclic) bond motifs is 1. The van der Waals surface area contributed by atoms with Crippen molar-refractivity contribution in [2.75, 3.05) is 0 Å². The molecule has 0 aliphatic carbocycles. The number of carbonyl (C=O) groups is 2. The minimum Gasteiger partial charge on any atom is -0.481 e. The first-order chi connectivity index (χ1) is 11.7. The molecule has 0 saturated carbocycles. The largest absolute Gasteiger partial charge is 0.481 e. The number of carboxylic acids is 1. The van der Waals surface area contributed by atoms with E-state index in [0.717, 1.165) is 16.3 Å². The minimum atomic E-state index is -0.894. The van der Waals surface area contributed by atoms with Gasteiger partial charge in [0.25, 0.3) is 0 Å². The van der Waals surface area contributed by atoms with Gasteiger partial charge in [-0.25, -0.2) is 0 Å². The van der Waals surface area contributed by atoms with Crippen molar-refractivity contribution in [1.29, 1.82) is 0 Å². The fourth-order valence-electron chi connectivity index (χ4n) is 3.01. The second-order valence-corrected chi connectivity index (χ2v) is 7.57. The number of hydrogen-bond donors (Lipinski definition) is 1. The Kier molecular flexibility index (Phi) is 5.83. The molecule has 2 atom stereocenters. The number of carbonyl (C=O) groups excluding carboxylic acids is 1. The highest BCUT2D eigenvalue weighted by atomic mass is 16.5. The van der Waals surface area contributed by atoms with Crippen LogP contribution in [0.25, 0.3) is 10.8 Å². The Labute approximate surface area is 148 Å². The summed E-state index contributed by atoms with van der Waals surface area (Å²) in [7, 11) is 0. The topological polar surface area (TPSA) is 63.6 Å². The van der Waals surface area contributed by atoms with Crippen LogP contribution in [0.5, 0.6) is 0 Å². The van der Waals surface area contributed by atoms with Crippen LogP contribution in [0.4, 0.5) is 0 Å². The molecule has 1 N–H and O–H groups in total. The molecule has 134 valence electrons. The van der Waals surface area contributed by atoms with Crippen molar-refractivity contribution in [1.82, 2.24) is 0 Å². The summed E-state index contributed by atoms with van der Waals surface area (Å²) in [6.07, 6.45) is -0.323. The molecule has 0 fully saturated rings. The maximum absolute atomic E-state index is 12.4. The van der Waals surface area contributed by atoms with Crippen LogP contribution in [0.15, 0.2) is 42.5 Å². The first-order valence-corrected chi connectivity index (χ1v) is 8.57. The molecule has 2 aromatic carbocycles. The van der Waals surface area contributed by atoms with E-state index in [9.17, 15) is 9.59 Å². The molecule has 0 saturated heterocycles. The van der Waals surface area contributed by atoms with Crippen LogP contribution in [-0.2, 0) is 14.3 Å². The van der Waals surface area contributed by atoms with Gasteiger partial charge in [-0.05, 0) is 34.6 Å². The average molecular weight is 342 g/mol. The molecule has 0 aliphatic heterocycles. The maximum atomic E-state index is 12.4. The maximum Gasteiger partial charge on any atom is 0.306 e. The molecule has 0 spiro atoms. The number of esters is 1. The number of hydrogen-bond acceptors (Lipinski definition) is 3. The molecule has 25 heavy (non-hydrogen) atoms. The monoisotopic (exact) mass is 342 g/mol. The van der Waals surface area contributed by atoms with E-state index in [1.807, 2.05) is 70.2 Å². The van der Waals surface area contributed by atoms with Gasteiger partial charge in [-0.1, -0.05) is 63.2 Å². The molecular weight excluding hydrogens is 316 g/mol. The molecule has 0 unspecified atom stereocenters. The van der Waals surface area contributed by atoms with E-state index in [1.165, 1.54) is 0 Å². The van der Waals surface area contributed by atoms with Gasteiger partial charge in [0.1, 0.15) is 6.10 Å². The Hall–Kier alpha value is -2.36. The predicted octanol–water partition coefficient (Wildman–Crippen LogP) is 4.97. The van der Waals surface area contributed by atoms with Crippen molar-refractivity contribution >= 4 is 22.7 Å². The van der Waals surface area contributed by atoms with Gasteiger partial charge in [0.2, 0.25) is 0 Å². The van der Waals surface area contributed by atoms with Crippen LogP contribution < -0.4 is 0 Å². The zero-order valence-corrected chi connectivity index (χ0v) is 15.3. The number of benzene rings is 2. The van der Waals surface area contributed by atoms with Gasteiger partial charge >= 0.3 is 11.9 Å². The molecule has 4 nitrogen and oxygen atoms in total. The fourth-order valence-corrected chi connectivity index (χ4v) is 3.01. The van der Waals surface area contributed by atoms with Crippen molar-refractivity contribution in [2.45, 2.75) is 46.6 Å². The van der Waals surface area contributed by atoms with E-state index in [0.29, 0.717) is 0 Å². The average Bonchev–Trinajstić information content (AvgIpc) is 2.52. The highest BCUT2D eigenvalue weighted by molar-refractivity contribution is 5.86. The standard InChI is InChI=1S/C21H26O4/c1-14(17-11-7-9-15-8-5-6-10-18(15)17)25-20(24)13-16(12-19(22)23)21(2,3)4/h5-11,14,16H,12-13H2,1-4H3,(H,22,23)/t14-,16+/m0/s1. The molecule has 2 aromatic rings. The van der Waals surface area contributed by atoms with Crippen molar-refractivity contribution in [2.24, 2.45) is 11.3 Å². The fraction of sp³-hybridized carbons (Fsp3) is 0.429. The van der Waals surface area contributed by atoms with Crippen LogP contribution in [0.1, 0.15) is 52.2 Å². The van der Waals surface area contributed by atoms with E-state index in [4.69, 9.17) is 9.84 Å². The Balaban J connectivity index is 2.12. The van der Waals surface area contributed by atoms with Gasteiger partial charge < -0.3 is 9.84 Å². The van der Waals surface area contributed by atoms with Crippen molar-refractivity contribution in [3.63, 3.8) is 0 Å². The lowest BCUT2D eigenvalue weighted by Crippen LogP contribution is -2.27. The second-order valence-electron chi connectivity index (χ2n) is 7.57. The smallest absolute Gasteiger partial charge is 0.306 e. The summed E-state index contributed by atoms with van der Waals surface area (Å²) in [5.74, 6) is -1.52. The molecule has 2 rings (SSSR count). The summed E-state index contributed by atoms with van der Waals surface area (Å²) in [6, 6.07) is 13.9. The summed E-state index contributed by atoms with van der Waals surface area (Å²) >= 11 is 0. The summed E-state index contributed by atoms with van der Waals surface area (Å²) in [6.45, 7) is 7.69. The first-order valence-electron chi connectivity index (χ1n) is 8.57. The van der Waals surface area contributed by atoms with Gasteiger partial charge in [0.05, 0.1) is 0 Å². The normalized spacial score (nSPS) is 14.1. The Bertz CT molecular complexity index is 753. The Morgan fingerprint density at radius 3 is 2.32 bits per heavy atom. The summed E-state index contributed by atoms with van der Waals surface area (Å²) in [4.78, 5) is 23.5. The first kappa shape index (κ1) is 19.0. The SMILES string of the molecule is C[C@H](OC(=O)C[C@@H](CC(=O)O)C(C)(C)C)c1cccc2ccccc12. The van der Waals surface area contributed by atoms with Crippen LogP contribution >= 0.6 is 0 Å². The zero-order valence-electron chi connectivity index (χ0n) is 15.3. The number of carboxylic acid groups (broad SMARTS) is 1. The molecule has 0 aliphatic rings. The number of rotatable bonds is 6. The molecule has 0 heterocycles. The summed E-state index contributed by atoms with van der Waals surface area (Å²) in [5, 5.41) is 11.2. The Morgan fingerprint density at radius 1 is 1.04 bits per heavy atom. The van der Waals surface area contributed by atoms with Crippen LogP contribution in [-0.4, -0.2) is 17.0 Å². The van der Waals surface area contributed by atoms with Gasteiger partial charge in [-0.2, -0.15) is 0 Å². The van der Waals surface area contributed by atoms with E-state index >= 15 is 0 Å². The van der Waals surface area contributed by atoms with Crippen LogP contribution in [0, 0.1) is 11.3 Å². The summed E-state index contributed by atoms with van der Waals surface area (Å²) < 4.78 is 5.62. The van der Waals surface area contributed by atoms with Crippen LogP contribution in [0.3, 0.4) is 0 Å². The van der Waals surface area contributed by atoms with Gasteiger partial charge in [0, 0.05) is 12.8 Å². The highest BCUT2D eigenvalue weighted by Gasteiger charge is 2.30. The third-order valence-electron chi connectivity index (χ3n) is 4.63. The third kappa shape index (κ3) is 5.05. The lowest BCUT2D eigenvalue weighted by Gasteiger charge is -2.29. The van der Waals surface area contributed by atoms with Crippen LogP contribution in [0.2, 0.25) is 0 Å². The van der Waals surface area contributed by atoms with Crippen molar-refractivity contribution in [3.8, 4) is 0 Å². The van der Waals surface area contributed by atoms with Gasteiger partial charge in [-0.15, -0.1) is 0 Å². The van der Waals surface area contributed by atoms with Crippen molar-refractivity contribution < 1.29 is 19.4 Å². The predicted molar refractivity (Wildman–Crippen MR) is 98.3 cm³/mol. The van der Waals surface area contributed by atoms with Crippen molar-refractivity contribution in [3.05, 3.63) is 48.0 Å². The molecule has 0 amide bonds. The van der Waals surface area contributed by atoms with E-state index in [-0.39, 0.29) is 36.2 Å². The molecule has 4 heteroatoms. The molecule has 0 radical (unpaired) electrons. The number of aliphatic carboxylic acids is 1. The quantitative estimate of drug-likeness (QED) is 0.753. The zero-order chi connectivity index (χ0) is 18.6. The molecule has 0 bridgehead atoms. The molecule has 0 aromatic heterocycles. The van der Waals surface area contributed by atoms with E-state index < -0.39 is 5.97 Å². The van der Waals surface area contributed by atoms with E-state index in [2.05, 4.69) is 0 Å². The summed E-state index contributed by atoms with van der Waals surface area (Å²) in [5.41, 5.74) is 0.678. The lowest BCUT2D eigenvalue weighted by atomic mass is 9.77. The highest BCUT2D eigenvalue weighted by Crippen LogP contribution is 2.33. The van der Waals surface area contributed by atoms with Gasteiger partial charge in [0.15, 0.2) is 0 Å². The Morgan fingerprint density at radius 2 is 1.68 bits per heavy atom. The lowest BCUT2D eigenvalue weighted by molar-refractivity contribution is -0.151. The van der Waals surface area contributed by atoms with E-state index in [1.54, 1.807) is 0 Å². The molecular formula is C21H26O4.